The van der Waals surface area contributed by atoms with Crippen LogP contribution in [0.15, 0.2) is 23.1 Å². The SMILES string of the molecule is Cc1cccc(C#N)c1SC(C)(C)C(=O)O. The highest BCUT2D eigenvalue weighted by Gasteiger charge is 2.30. The summed E-state index contributed by atoms with van der Waals surface area (Å²) in [7, 11) is 0. The van der Waals surface area contributed by atoms with Crippen molar-refractivity contribution >= 4 is 17.7 Å². The molecule has 0 spiro atoms. The van der Waals surface area contributed by atoms with Gasteiger partial charge in [0.05, 0.1) is 5.56 Å². The van der Waals surface area contributed by atoms with Gasteiger partial charge >= 0.3 is 5.97 Å². The van der Waals surface area contributed by atoms with E-state index in [0.29, 0.717) is 5.56 Å². The lowest BCUT2D eigenvalue weighted by atomic mass is 10.1. The Kier molecular flexibility index (Phi) is 3.61. The molecule has 0 aliphatic carbocycles. The van der Waals surface area contributed by atoms with Crippen molar-refractivity contribution < 1.29 is 9.90 Å². The predicted molar refractivity (Wildman–Crippen MR) is 63.5 cm³/mol. The number of nitriles is 1. The van der Waals surface area contributed by atoms with Gasteiger partial charge in [-0.05, 0) is 32.4 Å². The molecule has 0 saturated carbocycles. The van der Waals surface area contributed by atoms with Crippen molar-refractivity contribution in [2.24, 2.45) is 0 Å². The van der Waals surface area contributed by atoms with Gasteiger partial charge in [-0.25, -0.2) is 0 Å². The topological polar surface area (TPSA) is 61.1 Å². The van der Waals surface area contributed by atoms with Crippen molar-refractivity contribution in [2.45, 2.75) is 30.4 Å². The van der Waals surface area contributed by atoms with Gasteiger partial charge in [0, 0.05) is 4.90 Å². The molecule has 0 aliphatic heterocycles. The Morgan fingerprint density at radius 3 is 2.62 bits per heavy atom. The van der Waals surface area contributed by atoms with Crippen LogP contribution in [0.3, 0.4) is 0 Å². The van der Waals surface area contributed by atoms with Crippen LogP contribution in [-0.2, 0) is 4.79 Å². The number of carboxylic acids is 1. The van der Waals surface area contributed by atoms with Gasteiger partial charge in [0.15, 0.2) is 0 Å². The largest absolute Gasteiger partial charge is 0.480 e. The summed E-state index contributed by atoms with van der Waals surface area (Å²) in [4.78, 5) is 11.8. The minimum absolute atomic E-state index is 0.527. The van der Waals surface area contributed by atoms with Gasteiger partial charge in [-0.1, -0.05) is 12.1 Å². The summed E-state index contributed by atoms with van der Waals surface area (Å²) in [5, 5.41) is 18.0. The summed E-state index contributed by atoms with van der Waals surface area (Å²) in [5.41, 5.74) is 1.46. The minimum atomic E-state index is -0.933. The number of carboxylic acid groups (broad SMARTS) is 1. The van der Waals surface area contributed by atoms with Crippen LogP contribution in [0.1, 0.15) is 25.0 Å². The van der Waals surface area contributed by atoms with Crippen molar-refractivity contribution in [2.75, 3.05) is 0 Å². The maximum absolute atomic E-state index is 11.0. The minimum Gasteiger partial charge on any atom is -0.480 e. The fraction of sp³-hybridized carbons (Fsp3) is 0.333. The van der Waals surface area contributed by atoms with Gasteiger partial charge in [0.2, 0.25) is 0 Å². The molecular formula is C12H13NO2S. The number of thioether (sulfide) groups is 1. The molecule has 0 radical (unpaired) electrons. The number of rotatable bonds is 3. The molecule has 0 aliphatic rings. The summed E-state index contributed by atoms with van der Waals surface area (Å²) >= 11 is 1.21. The van der Waals surface area contributed by atoms with Crippen LogP contribution < -0.4 is 0 Å². The third-order valence-electron chi connectivity index (χ3n) is 2.20. The van der Waals surface area contributed by atoms with Gasteiger partial charge in [0.25, 0.3) is 0 Å². The lowest BCUT2D eigenvalue weighted by Crippen LogP contribution is -2.27. The summed E-state index contributed by atoms with van der Waals surface area (Å²) < 4.78 is -0.933. The zero-order chi connectivity index (χ0) is 12.3. The van der Waals surface area contributed by atoms with Crippen molar-refractivity contribution in [1.82, 2.24) is 0 Å². The molecule has 1 aromatic carbocycles. The molecule has 0 aromatic heterocycles. The highest BCUT2D eigenvalue weighted by atomic mass is 32.2. The monoisotopic (exact) mass is 235 g/mol. The molecule has 16 heavy (non-hydrogen) atoms. The van der Waals surface area contributed by atoms with E-state index >= 15 is 0 Å². The molecule has 1 aromatic rings. The summed E-state index contributed by atoms with van der Waals surface area (Å²) in [6.07, 6.45) is 0. The van der Waals surface area contributed by atoms with E-state index in [1.54, 1.807) is 26.0 Å². The Hall–Kier alpha value is -1.47. The third kappa shape index (κ3) is 2.56. The Morgan fingerprint density at radius 1 is 1.50 bits per heavy atom. The number of nitrogens with zero attached hydrogens (tertiary/aromatic N) is 1. The lowest BCUT2D eigenvalue weighted by molar-refractivity contribution is -0.138. The van der Waals surface area contributed by atoms with Crippen molar-refractivity contribution in [1.29, 1.82) is 5.26 Å². The highest BCUT2D eigenvalue weighted by molar-refractivity contribution is 8.01. The molecule has 0 unspecified atom stereocenters. The first kappa shape index (κ1) is 12.6. The molecule has 3 nitrogen and oxygen atoms in total. The first-order valence-electron chi connectivity index (χ1n) is 4.80. The van der Waals surface area contributed by atoms with Crippen LogP contribution in [0.25, 0.3) is 0 Å². The average molecular weight is 235 g/mol. The highest BCUT2D eigenvalue weighted by Crippen LogP contribution is 2.36. The maximum atomic E-state index is 11.0. The van der Waals surface area contributed by atoms with Crippen molar-refractivity contribution in [3.8, 4) is 6.07 Å². The van der Waals surface area contributed by atoms with Crippen LogP contribution in [0, 0.1) is 18.3 Å². The van der Waals surface area contributed by atoms with E-state index in [1.807, 2.05) is 13.0 Å². The Balaban J connectivity index is 3.16. The van der Waals surface area contributed by atoms with Gasteiger partial charge in [-0.3, -0.25) is 4.79 Å². The quantitative estimate of drug-likeness (QED) is 0.818. The second kappa shape index (κ2) is 4.58. The number of aryl methyl sites for hydroxylation is 1. The van der Waals surface area contributed by atoms with Gasteiger partial charge in [-0.2, -0.15) is 5.26 Å². The normalized spacial score (nSPS) is 10.9. The van der Waals surface area contributed by atoms with E-state index in [4.69, 9.17) is 10.4 Å². The smallest absolute Gasteiger partial charge is 0.319 e. The second-order valence-corrected chi connectivity index (χ2v) is 5.61. The Morgan fingerprint density at radius 2 is 2.12 bits per heavy atom. The predicted octanol–water partition coefficient (Wildman–Crippen LogP) is 2.82. The van der Waals surface area contributed by atoms with Crippen molar-refractivity contribution in [3.63, 3.8) is 0 Å². The van der Waals surface area contributed by atoms with Crippen LogP contribution in [-0.4, -0.2) is 15.8 Å². The van der Waals surface area contributed by atoms with E-state index in [2.05, 4.69) is 6.07 Å². The molecule has 4 heteroatoms. The molecule has 0 atom stereocenters. The first-order valence-corrected chi connectivity index (χ1v) is 5.62. The number of hydrogen-bond donors (Lipinski definition) is 1. The summed E-state index contributed by atoms with van der Waals surface area (Å²) in [5.74, 6) is -0.885. The van der Waals surface area contributed by atoms with E-state index < -0.39 is 10.7 Å². The van der Waals surface area contributed by atoms with Gasteiger partial charge in [-0.15, -0.1) is 11.8 Å². The van der Waals surface area contributed by atoms with E-state index in [1.165, 1.54) is 11.8 Å². The van der Waals surface area contributed by atoms with E-state index in [-0.39, 0.29) is 0 Å². The number of hydrogen-bond acceptors (Lipinski definition) is 3. The number of carbonyl (C=O) groups is 1. The molecule has 0 amide bonds. The third-order valence-corrected chi connectivity index (χ3v) is 3.64. The lowest BCUT2D eigenvalue weighted by Gasteiger charge is -2.20. The van der Waals surface area contributed by atoms with Crippen LogP contribution in [0.5, 0.6) is 0 Å². The maximum Gasteiger partial charge on any atom is 0.319 e. The van der Waals surface area contributed by atoms with Gasteiger partial charge in [0.1, 0.15) is 10.8 Å². The van der Waals surface area contributed by atoms with Crippen molar-refractivity contribution in [3.05, 3.63) is 29.3 Å². The molecule has 1 N–H and O–H groups in total. The number of benzene rings is 1. The fourth-order valence-corrected chi connectivity index (χ4v) is 2.23. The molecule has 0 fully saturated rings. The molecule has 0 heterocycles. The Bertz CT molecular complexity index is 461. The zero-order valence-corrected chi connectivity index (χ0v) is 10.3. The Labute approximate surface area is 99.1 Å². The number of aliphatic carboxylic acids is 1. The van der Waals surface area contributed by atoms with Crippen LogP contribution in [0.4, 0.5) is 0 Å². The van der Waals surface area contributed by atoms with Gasteiger partial charge < -0.3 is 5.11 Å². The molecule has 0 bridgehead atoms. The fourth-order valence-electron chi connectivity index (χ4n) is 1.17. The first-order chi connectivity index (χ1) is 7.38. The van der Waals surface area contributed by atoms with Crippen LogP contribution in [0.2, 0.25) is 0 Å². The summed E-state index contributed by atoms with van der Waals surface area (Å²) in [6.45, 7) is 5.14. The molecule has 84 valence electrons. The molecule has 1 rings (SSSR count). The molecule has 0 saturated heterocycles. The second-order valence-electron chi connectivity index (χ2n) is 3.98. The average Bonchev–Trinajstić information content (AvgIpc) is 2.20. The van der Waals surface area contributed by atoms with Crippen LogP contribution >= 0.6 is 11.8 Å². The van der Waals surface area contributed by atoms with E-state index in [9.17, 15) is 4.79 Å². The van der Waals surface area contributed by atoms with E-state index in [0.717, 1.165) is 10.5 Å². The zero-order valence-electron chi connectivity index (χ0n) is 9.44. The molecular weight excluding hydrogens is 222 g/mol. The standard InChI is InChI=1S/C12H13NO2S/c1-8-5-4-6-9(7-13)10(8)16-12(2,3)11(14)15/h4-6H,1-3H3,(H,14,15). The summed E-state index contributed by atoms with van der Waals surface area (Å²) in [6, 6.07) is 7.46.